The zero-order valence-corrected chi connectivity index (χ0v) is 9.16. The molecule has 0 bridgehead atoms. The minimum atomic E-state index is -0.0178. The number of aliphatic hydroxyl groups excluding tert-OH is 1. The Kier molecular flexibility index (Phi) is 4.15. The minimum absolute atomic E-state index is 0.0178. The molecule has 0 radical (unpaired) electrons. The first-order valence-electron chi connectivity index (χ1n) is 5.45. The lowest BCUT2D eigenvalue weighted by Crippen LogP contribution is -2.29. The average molecular weight is 192 g/mol. The van der Waals surface area contributed by atoms with Gasteiger partial charge in [0.05, 0.1) is 6.61 Å². The molecule has 1 aromatic rings. The fourth-order valence-corrected chi connectivity index (χ4v) is 2.08. The molecule has 1 heteroatoms. The van der Waals surface area contributed by atoms with Gasteiger partial charge in [-0.2, -0.15) is 0 Å². The standard InChI is InChI=1S/C13H20O/c1-3-10-13(4-2,11-14)12-8-6-5-7-9-12/h5-9,14H,3-4,10-11H2,1-2H3. The molecule has 0 heterocycles. The molecule has 0 aromatic heterocycles. The van der Waals surface area contributed by atoms with Crippen LogP contribution in [0.4, 0.5) is 0 Å². The number of rotatable bonds is 5. The largest absolute Gasteiger partial charge is 0.395 e. The molecular formula is C13H20O. The Morgan fingerprint density at radius 1 is 1.14 bits per heavy atom. The van der Waals surface area contributed by atoms with Crippen molar-refractivity contribution in [3.8, 4) is 0 Å². The highest BCUT2D eigenvalue weighted by atomic mass is 16.3. The quantitative estimate of drug-likeness (QED) is 0.760. The highest BCUT2D eigenvalue weighted by Crippen LogP contribution is 2.32. The van der Waals surface area contributed by atoms with E-state index in [0.717, 1.165) is 19.3 Å². The third-order valence-electron chi connectivity index (χ3n) is 3.09. The van der Waals surface area contributed by atoms with Gasteiger partial charge in [-0.05, 0) is 18.4 Å². The molecule has 0 fully saturated rings. The van der Waals surface area contributed by atoms with E-state index in [0.29, 0.717) is 0 Å². The number of benzene rings is 1. The Hall–Kier alpha value is -0.820. The van der Waals surface area contributed by atoms with Gasteiger partial charge in [-0.3, -0.25) is 0 Å². The number of hydrogen-bond donors (Lipinski definition) is 1. The first-order valence-corrected chi connectivity index (χ1v) is 5.45. The van der Waals surface area contributed by atoms with Crippen molar-refractivity contribution in [1.29, 1.82) is 0 Å². The van der Waals surface area contributed by atoms with Crippen molar-refractivity contribution in [3.63, 3.8) is 0 Å². The van der Waals surface area contributed by atoms with Crippen LogP contribution < -0.4 is 0 Å². The lowest BCUT2D eigenvalue weighted by Gasteiger charge is -2.31. The zero-order chi connectivity index (χ0) is 10.4. The fraction of sp³-hybridized carbons (Fsp3) is 0.538. The van der Waals surface area contributed by atoms with Crippen LogP contribution in [0, 0.1) is 0 Å². The summed E-state index contributed by atoms with van der Waals surface area (Å²) in [5.74, 6) is 0. The van der Waals surface area contributed by atoms with Crippen molar-refractivity contribution in [3.05, 3.63) is 35.9 Å². The van der Waals surface area contributed by atoms with Gasteiger partial charge >= 0.3 is 0 Å². The van der Waals surface area contributed by atoms with E-state index in [-0.39, 0.29) is 12.0 Å². The summed E-state index contributed by atoms with van der Waals surface area (Å²) in [5, 5.41) is 9.56. The molecule has 0 saturated heterocycles. The molecule has 1 nitrogen and oxygen atoms in total. The topological polar surface area (TPSA) is 20.2 Å². The average Bonchev–Trinajstić information content (AvgIpc) is 2.27. The highest BCUT2D eigenvalue weighted by Gasteiger charge is 2.27. The highest BCUT2D eigenvalue weighted by molar-refractivity contribution is 5.25. The fourth-order valence-electron chi connectivity index (χ4n) is 2.08. The summed E-state index contributed by atoms with van der Waals surface area (Å²) >= 11 is 0. The molecule has 0 spiro atoms. The monoisotopic (exact) mass is 192 g/mol. The first kappa shape index (κ1) is 11.3. The van der Waals surface area contributed by atoms with Gasteiger partial charge in [0.2, 0.25) is 0 Å². The Bertz CT molecular complexity index is 249. The summed E-state index contributed by atoms with van der Waals surface area (Å²) in [6, 6.07) is 10.4. The first-order chi connectivity index (χ1) is 6.79. The van der Waals surface area contributed by atoms with E-state index < -0.39 is 0 Å². The van der Waals surface area contributed by atoms with Crippen molar-refractivity contribution in [1.82, 2.24) is 0 Å². The Balaban J connectivity index is 2.98. The molecule has 0 amide bonds. The second kappa shape index (κ2) is 5.16. The summed E-state index contributed by atoms with van der Waals surface area (Å²) in [6.07, 6.45) is 3.18. The van der Waals surface area contributed by atoms with Gasteiger partial charge in [0, 0.05) is 5.41 Å². The maximum atomic E-state index is 9.56. The molecular weight excluding hydrogens is 172 g/mol. The van der Waals surface area contributed by atoms with E-state index >= 15 is 0 Å². The van der Waals surface area contributed by atoms with Crippen LogP contribution in [0.25, 0.3) is 0 Å². The maximum Gasteiger partial charge on any atom is 0.0527 e. The van der Waals surface area contributed by atoms with Crippen molar-refractivity contribution in [2.24, 2.45) is 0 Å². The van der Waals surface area contributed by atoms with Crippen molar-refractivity contribution in [2.45, 2.75) is 38.5 Å². The Morgan fingerprint density at radius 2 is 1.79 bits per heavy atom. The van der Waals surface area contributed by atoms with Crippen LogP contribution >= 0.6 is 0 Å². The summed E-state index contributed by atoms with van der Waals surface area (Å²) in [7, 11) is 0. The molecule has 0 aliphatic carbocycles. The van der Waals surface area contributed by atoms with Gasteiger partial charge < -0.3 is 5.11 Å². The second-order valence-electron chi connectivity index (χ2n) is 3.91. The molecule has 78 valence electrons. The van der Waals surface area contributed by atoms with Crippen LogP contribution in [0.1, 0.15) is 38.7 Å². The Labute approximate surface area is 86.8 Å². The summed E-state index contributed by atoms with van der Waals surface area (Å²) in [6.45, 7) is 4.57. The third kappa shape index (κ3) is 2.16. The van der Waals surface area contributed by atoms with E-state index in [1.54, 1.807) is 0 Å². The summed E-state index contributed by atoms with van der Waals surface area (Å²) in [4.78, 5) is 0. The van der Waals surface area contributed by atoms with E-state index in [4.69, 9.17) is 0 Å². The predicted octanol–water partition coefficient (Wildman–Crippen LogP) is 3.13. The van der Waals surface area contributed by atoms with Gasteiger partial charge in [-0.1, -0.05) is 50.6 Å². The molecule has 1 atom stereocenters. The minimum Gasteiger partial charge on any atom is -0.395 e. The smallest absolute Gasteiger partial charge is 0.0527 e. The predicted molar refractivity (Wildman–Crippen MR) is 60.4 cm³/mol. The van der Waals surface area contributed by atoms with Gasteiger partial charge in [0.1, 0.15) is 0 Å². The van der Waals surface area contributed by atoms with Crippen LogP contribution in [0.5, 0.6) is 0 Å². The molecule has 1 unspecified atom stereocenters. The van der Waals surface area contributed by atoms with Crippen molar-refractivity contribution in [2.75, 3.05) is 6.61 Å². The molecule has 1 N–H and O–H groups in total. The van der Waals surface area contributed by atoms with Crippen molar-refractivity contribution < 1.29 is 5.11 Å². The zero-order valence-electron chi connectivity index (χ0n) is 9.16. The van der Waals surface area contributed by atoms with E-state index in [1.165, 1.54) is 5.56 Å². The van der Waals surface area contributed by atoms with Gasteiger partial charge in [0.25, 0.3) is 0 Å². The van der Waals surface area contributed by atoms with E-state index in [1.807, 2.05) is 18.2 Å². The van der Waals surface area contributed by atoms with Crippen LogP contribution in [0.15, 0.2) is 30.3 Å². The summed E-state index contributed by atoms with van der Waals surface area (Å²) in [5.41, 5.74) is 1.25. The Morgan fingerprint density at radius 3 is 2.21 bits per heavy atom. The van der Waals surface area contributed by atoms with Gasteiger partial charge in [-0.15, -0.1) is 0 Å². The normalized spacial score (nSPS) is 15.1. The molecule has 0 aliphatic heterocycles. The molecule has 1 aromatic carbocycles. The van der Waals surface area contributed by atoms with Crippen LogP contribution in [0.2, 0.25) is 0 Å². The molecule has 0 aliphatic rings. The second-order valence-corrected chi connectivity index (χ2v) is 3.91. The van der Waals surface area contributed by atoms with Crippen molar-refractivity contribution >= 4 is 0 Å². The van der Waals surface area contributed by atoms with E-state index in [9.17, 15) is 5.11 Å². The van der Waals surface area contributed by atoms with Crippen LogP contribution in [-0.2, 0) is 5.41 Å². The number of aliphatic hydroxyl groups is 1. The van der Waals surface area contributed by atoms with Crippen LogP contribution in [0.3, 0.4) is 0 Å². The summed E-state index contributed by atoms with van der Waals surface area (Å²) < 4.78 is 0. The van der Waals surface area contributed by atoms with E-state index in [2.05, 4.69) is 26.0 Å². The molecule has 0 saturated carbocycles. The lowest BCUT2D eigenvalue weighted by atomic mass is 9.75. The SMILES string of the molecule is CCCC(CC)(CO)c1ccccc1. The number of hydrogen-bond acceptors (Lipinski definition) is 1. The van der Waals surface area contributed by atoms with Crippen LogP contribution in [-0.4, -0.2) is 11.7 Å². The maximum absolute atomic E-state index is 9.56. The molecule has 1 rings (SSSR count). The van der Waals surface area contributed by atoms with Gasteiger partial charge in [0.15, 0.2) is 0 Å². The third-order valence-corrected chi connectivity index (χ3v) is 3.09. The van der Waals surface area contributed by atoms with Gasteiger partial charge in [-0.25, -0.2) is 0 Å². The lowest BCUT2D eigenvalue weighted by molar-refractivity contribution is 0.177. The molecule has 14 heavy (non-hydrogen) atoms.